The van der Waals surface area contributed by atoms with Crippen molar-refractivity contribution in [1.82, 2.24) is 14.5 Å². The van der Waals surface area contributed by atoms with Gasteiger partial charge in [0.15, 0.2) is 0 Å². The molecule has 1 heterocycles. The molecule has 31 heavy (non-hydrogen) atoms. The molecule has 1 aliphatic heterocycles. The van der Waals surface area contributed by atoms with Gasteiger partial charge >= 0.3 is 0 Å². The number of nitrogens with zero attached hydrogens (tertiary/aromatic N) is 2. The second-order valence-electron chi connectivity index (χ2n) is 8.27. The van der Waals surface area contributed by atoms with Gasteiger partial charge in [-0.1, -0.05) is 29.8 Å². The van der Waals surface area contributed by atoms with E-state index in [-0.39, 0.29) is 28.6 Å². The van der Waals surface area contributed by atoms with Crippen LogP contribution in [0.1, 0.15) is 30.0 Å². The van der Waals surface area contributed by atoms with Crippen molar-refractivity contribution in [2.24, 2.45) is 5.92 Å². The summed E-state index contributed by atoms with van der Waals surface area (Å²) in [6.45, 7) is 2.90. The number of sulfonamides is 1. The predicted molar refractivity (Wildman–Crippen MR) is 118 cm³/mol. The summed E-state index contributed by atoms with van der Waals surface area (Å²) >= 11 is 0. The molecule has 0 saturated carbocycles. The molecular weight excluding hydrogens is 417 g/mol. The van der Waals surface area contributed by atoms with Crippen molar-refractivity contribution >= 4 is 15.9 Å². The number of amides is 1. The van der Waals surface area contributed by atoms with Gasteiger partial charge in [0.2, 0.25) is 15.9 Å². The summed E-state index contributed by atoms with van der Waals surface area (Å²) in [5, 5.41) is 2.97. The molecule has 2 aromatic carbocycles. The van der Waals surface area contributed by atoms with Crippen molar-refractivity contribution in [3.8, 4) is 0 Å². The SMILES string of the molecule is Cc1ccc(S(=O)(=O)N2CCC(C(=O)NCC(c3cccc(F)c3)N(C)C)CC2)cc1. The van der Waals surface area contributed by atoms with Crippen molar-refractivity contribution in [2.45, 2.75) is 30.7 Å². The van der Waals surface area contributed by atoms with Gasteiger partial charge in [0.25, 0.3) is 0 Å². The molecule has 1 atom stereocenters. The number of nitrogens with one attached hydrogen (secondary N) is 1. The van der Waals surface area contributed by atoms with E-state index in [1.54, 1.807) is 30.3 Å². The van der Waals surface area contributed by atoms with Crippen molar-refractivity contribution in [1.29, 1.82) is 0 Å². The normalized spacial score (nSPS) is 16.9. The van der Waals surface area contributed by atoms with Gasteiger partial charge in [-0.05, 0) is 63.7 Å². The molecule has 1 amide bonds. The molecule has 1 aliphatic rings. The average molecular weight is 448 g/mol. The second-order valence-corrected chi connectivity index (χ2v) is 10.2. The molecule has 0 radical (unpaired) electrons. The van der Waals surface area contributed by atoms with Crippen LogP contribution >= 0.6 is 0 Å². The van der Waals surface area contributed by atoms with Crippen LogP contribution < -0.4 is 5.32 Å². The lowest BCUT2D eigenvalue weighted by molar-refractivity contribution is -0.126. The lowest BCUT2D eigenvalue weighted by Crippen LogP contribution is -2.44. The third kappa shape index (κ3) is 5.70. The molecule has 8 heteroatoms. The van der Waals surface area contributed by atoms with Crippen LogP contribution in [0.4, 0.5) is 4.39 Å². The van der Waals surface area contributed by atoms with E-state index in [1.165, 1.54) is 16.4 Å². The average Bonchev–Trinajstić information content (AvgIpc) is 2.74. The number of halogens is 1. The molecule has 1 N–H and O–H groups in total. The van der Waals surface area contributed by atoms with Crippen LogP contribution in [0.2, 0.25) is 0 Å². The molecule has 0 aliphatic carbocycles. The Morgan fingerprint density at radius 1 is 1.16 bits per heavy atom. The fourth-order valence-corrected chi connectivity index (χ4v) is 5.34. The molecule has 2 aromatic rings. The maximum atomic E-state index is 13.6. The van der Waals surface area contributed by atoms with Crippen LogP contribution in [0.5, 0.6) is 0 Å². The maximum absolute atomic E-state index is 13.6. The first kappa shape index (κ1) is 23.4. The van der Waals surface area contributed by atoms with E-state index in [0.717, 1.165) is 11.1 Å². The number of benzene rings is 2. The predicted octanol–water partition coefficient (Wildman–Crippen LogP) is 2.95. The lowest BCUT2D eigenvalue weighted by atomic mass is 9.97. The number of rotatable bonds is 7. The van der Waals surface area contributed by atoms with Crippen LogP contribution in [0.15, 0.2) is 53.4 Å². The number of piperidine rings is 1. The van der Waals surface area contributed by atoms with Crippen LogP contribution in [-0.4, -0.2) is 57.3 Å². The van der Waals surface area contributed by atoms with Gasteiger partial charge in [0, 0.05) is 25.6 Å². The minimum Gasteiger partial charge on any atom is -0.354 e. The van der Waals surface area contributed by atoms with E-state index in [9.17, 15) is 17.6 Å². The number of aryl methyl sites for hydroxylation is 1. The zero-order valence-electron chi connectivity index (χ0n) is 18.2. The molecule has 0 bridgehead atoms. The summed E-state index contributed by atoms with van der Waals surface area (Å²) in [4.78, 5) is 14.9. The Kier molecular flexibility index (Phi) is 7.46. The molecular formula is C23H30FN3O3S. The topological polar surface area (TPSA) is 69.7 Å². The van der Waals surface area contributed by atoms with Crippen LogP contribution in [0.3, 0.4) is 0 Å². The molecule has 6 nitrogen and oxygen atoms in total. The smallest absolute Gasteiger partial charge is 0.243 e. The molecule has 168 valence electrons. The monoisotopic (exact) mass is 447 g/mol. The van der Waals surface area contributed by atoms with Gasteiger partial charge in [-0.3, -0.25) is 4.79 Å². The highest BCUT2D eigenvalue weighted by molar-refractivity contribution is 7.89. The van der Waals surface area contributed by atoms with E-state index >= 15 is 0 Å². The summed E-state index contributed by atoms with van der Waals surface area (Å²) in [6, 6.07) is 13.0. The summed E-state index contributed by atoms with van der Waals surface area (Å²) in [5.74, 6) is -0.631. The van der Waals surface area contributed by atoms with Crippen molar-refractivity contribution in [3.63, 3.8) is 0 Å². The van der Waals surface area contributed by atoms with E-state index in [4.69, 9.17) is 0 Å². The van der Waals surface area contributed by atoms with E-state index in [0.29, 0.717) is 32.5 Å². The molecule has 3 rings (SSSR count). The number of hydrogen-bond acceptors (Lipinski definition) is 4. The van der Waals surface area contributed by atoms with Crippen molar-refractivity contribution < 1.29 is 17.6 Å². The third-order valence-electron chi connectivity index (χ3n) is 5.81. The molecule has 1 saturated heterocycles. The first-order chi connectivity index (χ1) is 14.7. The molecule has 1 unspecified atom stereocenters. The number of likely N-dealkylation sites (N-methyl/N-ethyl adjacent to an activating group) is 1. The Bertz CT molecular complexity index is 1000. The van der Waals surface area contributed by atoms with Gasteiger partial charge < -0.3 is 10.2 Å². The fraction of sp³-hybridized carbons (Fsp3) is 0.435. The van der Waals surface area contributed by atoms with Crippen LogP contribution in [0, 0.1) is 18.7 Å². The zero-order chi connectivity index (χ0) is 22.6. The van der Waals surface area contributed by atoms with Gasteiger partial charge in [-0.25, -0.2) is 12.8 Å². The van der Waals surface area contributed by atoms with E-state index in [2.05, 4.69) is 5.32 Å². The standard InChI is InChI=1S/C23H30FN3O3S/c1-17-7-9-21(10-8-17)31(29,30)27-13-11-18(12-14-27)23(28)25-16-22(26(2)3)19-5-4-6-20(24)15-19/h4-10,15,18,22H,11-14,16H2,1-3H3,(H,25,28). The van der Waals surface area contributed by atoms with Crippen molar-refractivity contribution in [3.05, 3.63) is 65.5 Å². The first-order valence-corrected chi connectivity index (χ1v) is 11.9. The summed E-state index contributed by atoms with van der Waals surface area (Å²) in [5.41, 5.74) is 1.80. The van der Waals surface area contributed by atoms with Crippen LogP contribution in [0.25, 0.3) is 0 Å². The van der Waals surface area contributed by atoms with Gasteiger partial charge in [0.05, 0.1) is 10.9 Å². The largest absolute Gasteiger partial charge is 0.354 e. The number of hydrogen-bond donors (Lipinski definition) is 1. The Balaban J connectivity index is 1.56. The Hall–Kier alpha value is -2.29. The third-order valence-corrected chi connectivity index (χ3v) is 7.72. The zero-order valence-corrected chi connectivity index (χ0v) is 19.0. The highest BCUT2D eigenvalue weighted by atomic mass is 32.2. The number of carbonyl (C=O) groups is 1. The molecule has 0 spiro atoms. The summed E-state index contributed by atoms with van der Waals surface area (Å²) < 4.78 is 40.7. The second kappa shape index (κ2) is 9.89. The fourth-order valence-electron chi connectivity index (χ4n) is 3.87. The first-order valence-electron chi connectivity index (χ1n) is 10.4. The Morgan fingerprint density at radius 3 is 2.39 bits per heavy atom. The Morgan fingerprint density at radius 2 is 1.81 bits per heavy atom. The minimum atomic E-state index is -3.55. The molecule has 1 fully saturated rings. The van der Waals surface area contributed by atoms with E-state index < -0.39 is 10.0 Å². The van der Waals surface area contributed by atoms with Gasteiger partial charge in [-0.2, -0.15) is 4.31 Å². The van der Waals surface area contributed by atoms with Crippen LogP contribution in [-0.2, 0) is 14.8 Å². The quantitative estimate of drug-likeness (QED) is 0.709. The molecule has 0 aromatic heterocycles. The maximum Gasteiger partial charge on any atom is 0.243 e. The summed E-state index contributed by atoms with van der Waals surface area (Å²) in [7, 11) is 0.225. The highest BCUT2D eigenvalue weighted by Crippen LogP contribution is 2.25. The van der Waals surface area contributed by atoms with Gasteiger partial charge in [-0.15, -0.1) is 0 Å². The lowest BCUT2D eigenvalue weighted by Gasteiger charge is -2.31. The summed E-state index contributed by atoms with van der Waals surface area (Å²) in [6.07, 6.45) is 0.951. The highest BCUT2D eigenvalue weighted by Gasteiger charge is 2.32. The van der Waals surface area contributed by atoms with Gasteiger partial charge in [0.1, 0.15) is 5.82 Å². The minimum absolute atomic E-state index is 0.0874. The van der Waals surface area contributed by atoms with Crippen molar-refractivity contribution in [2.75, 3.05) is 33.7 Å². The number of carbonyl (C=O) groups excluding carboxylic acids is 1. The van der Waals surface area contributed by atoms with E-state index in [1.807, 2.05) is 32.0 Å². The Labute approximate surface area is 184 Å².